The van der Waals surface area contributed by atoms with Gasteiger partial charge in [0.25, 0.3) is 0 Å². The van der Waals surface area contributed by atoms with Crippen LogP contribution in [-0.2, 0) is 16.0 Å². The molecule has 2 rings (SSSR count). The zero-order chi connectivity index (χ0) is 12.3. The van der Waals surface area contributed by atoms with Gasteiger partial charge in [-0.3, -0.25) is 9.89 Å². The molecule has 0 radical (unpaired) electrons. The van der Waals surface area contributed by atoms with Crippen molar-refractivity contribution in [3.63, 3.8) is 0 Å². The molecule has 6 heteroatoms. The number of nitrogens with two attached hydrogens (primary N) is 1. The minimum absolute atomic E-state index is 0. The second-order valence-electron chi connectivity index (χ2n) is 3.78. The van der Waals surface area contributed by atoms with Gasteiger partial charge >= 0.3 is 5.97 Å². The Bertz CT molecular complexity index is 527. The van der Waals surface area contributed by atoms with Gasteiger partial charge in [0, 0.05) is 17.5 Å². The highest BCUT2D eigenvalue weighted by atomic mass is 35.5. The molecule has 0 saturated carbocycles. The van der Waals surface area contributed by atoms with Crippen LogP contribution < -0.4 is 5.73 Å². The van der Waals surface area contributed by atoms with Crippen molar-refractivity contribution in [1.82, 2.24) is 10.2 Å². The summed E-state index contributed by atoms with van der Waals surface area (Å²) in [4.78, 5) is 11.4. The highest BCUT2D eigenvalue weighted by molar-refractivity contribution is 5.85. The van der Waals surface area contributed by atoms with Crippen LogP contribution in [0, 0.1) is 0 Å². The Labute approximate surface area is 111 Å². The molecule has 0 aliphatic rings. The van der Waals surface area contributed by atoms with Crippen LogP contribution in [-0.4, -0.2) is 28.8 Å². The van der Waals surface area contributed by atoms with Gasteiger partial charge in [0.15, 0.2) is 0 Å². The molecule has 18 heavy (non-hydrogen) atoms. The lowest BCUT2D eigenvalue weighted by atomic mass is 10.1. The lowest BCUT2D eigenvalue weighted by molar-refractivity contribution is -0.144. The number of para-hydroxylation sites is 1. The summed E-state index contributed by atoms with van der Waals surface area (Å²) in [5.74, 6) is -0.383. The highest BCUT2D eigenvalue weighted by Gasteiger charge is 2.17. The van der Waals surface area contributed by atoms with Crippen molar-refractivity contribution in [2.75, 3.05) is 6.61 Å². The molecular weight excluding hydrogens is 254 g/mol. The van der Waals surface area contributed by atoms with Gasteiger partial charge in [-0.25, -0.2) is 0 Å². The van der Waals surface area contributed by atoms with E-state index < -0.39 is 6.04 Å². The molecule has 5 nitrogen and oxygen atoms in total. The maximum absolute atomic E-state index is 11.4. The average molecular weight is 270 g/mol. The zero-order valence-electron chi connectivity index (χ0n) is 10.1. The van der Waals surface area contributed by atoms with E-state index in [-0.39, 0.29) is 18.4 Å². The van der Waals surface area contributed by atoms with Gasteiger partial charge in [-0.15, -0.1) is 12.4 Å². The normalized spacial score (nSPS) is 11.9. The quantitative estimate of drug-likeness (QED) is 0.823. The molecule has 0 bridgehead atoms. The number of aromatic amines is 1. The number of rotatable bonds is 4. The van der Waals surface area contributed by atoms with Gasteiger partial charge in [-0.05, 0) is 13.0 Å². The molecule has 0 fully saturated rings. The molecule has 3 N–H and O–H groups in total. The number of nitrogens with zero attached hydrogens (tertiary/aromatic N) is 1. The van der Waals surface area contributed by atoms with Gasteiger partial charge in [0.1, 0.15) is 6.04 Å². The lowest BCUT2D eigenvalue weighted by Gasteiger charge is -2.09. The predicted octanol–water partition coefficient (Wildman–Crippen LogP) is 1.42. The van der Waals surface area contributed by atoms with Crippen molar-refractivity contribution in [3.8, 4) is 0 Å². The van der Waals surface area contributed by atoms with Crippen LogP contribution in [0.25, 0.3) is 10.9 Å². The minimum atomic E-state index is -0.654. The van der Waals surface area contributed by atoms with Crippen molar-refractivity contribution in [3.05, 3.63) is 30.0 Å². The third-order valence-electron chi connectivity index (χ3n) is 2.55. The lowest BCUT2D eigenvalue weighted by Crippen LogP contribution is -2.34. The monoisotopic (exact) mass is 269 g/mol. The number of hydrogen-bond donors (Lipinski definition) is 2. The number of halogens is 1. The number of aromatic nitrogens is 2. The first-order valence-corrected chi connectivity index (χ1v) is 5.56. The first-order chi connectivity index (χ1) is 8.22. The van der Waals surface area contributed by atoms with Crippen LogP contribution in [0.4, 0.5) is 0 Å². The molecule has 98 valence electrons. The number of nitrogens with one attached hydrogen (secondary N) is 1. The second-order valence-corrected chi connectivity index (χ2v) is 3.78. The Kier molecular flexibility index (Phi) is 5.12. The first kappa shape index (κ1) is 14.5. The number of benzene rings is 1. The fraction of sp³-hybridized carbons (Fsp3) is 0.333. The van der Waals surface area contributed by atoms with Crippen LogP contribution >= 0.6 is 12.4 Å². The topological polar surface area (TPSA) is 81.0 Å². The van der Waals surface area contributed by atoms with E-state index in [2.05, 4.69) is 10.2 Å². The van der Waals surface area contributed by atoms with E-state index in [1.54, 1.807) is 6.92 Å². The summed E-state index contributed by atoms with van der Waals surface area (Å²) in [6.07, 6.45) is 0.402. The van der Waals surface area contributed by atoms with E-state index >= 15 is 0 Å². The summed E-state index contributed by atoms with van der Waals surface area (Å²) in [6, 6.07) is 7.05. The standard InChI is InChI=1S/C12H15N3O2.ClH/c1-2-17-12(16)9(13)7-11-8-5-3-4-6-10(8)14-15-11;/h3-6,9H,2,7,13H2,1H3,(H,14,15);1H. The van der Waals surface area contributed by atoms with Crippen LogP contribution in [0.5, 0.6) is 0 Å². The van der Waals surface area contributed by atoms with Crippen LogP contribution in [0.3, 0.4) is 0 Å². The Morgan fingerprint density at radius 2 is 2.22 bits per heavy atom. The summed E-state index contributed by atoms with van der Waals surface area (Å²) in [5.41, 5.74) is 7.50. The summed E-state index contributed by atoms with van der Waals surface area (Å²) >= 11 is 0. The summed E-state index contributed by atoms with van der Waals surface area (Å²) in [7, 11) is 0. The molecule has 1 aromatic heterocycles. The van der Waals surface area contributed by atoms with Gasteiger partial charge in [0.2, 0.25) is 0 Å². The molecule has 1 heterocycles. The number of esters is 1. The minimum Gasteiger partial charge on any atom is -0.465 e. The maximum Gasteiger partial charge on any atom is 0.323 e. The summed E-state index contributed by atoms with van der Waals surface area (Å²) in [6.45, 7) is 2.10. The third kappa shape index (κ3) is 3.00. The molecule has 2 aromatic rings. The fourth-order valence-corrected chi connectivity index (χ4v) is 1.72. The second kappa shape index (κ2) is 6.37. The molecular formula is C12H16ClN3O2. The Balaban J connectivity index is 0.00000162. The molecule has 1 aromatic carbocycles. The van der Waals surface area contributed by atoms with E-state index in [1.807, 2.05) is 24.3 Å². The van der Waals surface area contributed by atoms with Crippen molar-refractivity contribution >= 4 is 29.3 Å². The van der Waals surface area contributed by atoms with Gasteiger partial charge < -0.3 is 10.5 Å². The molecule has 0 aliphatic heterocycles. The van der Waals surface area contributed by atoms with Crippen LogP contribution in [0.2, 0.25) is 0 Å². The van der Waals surface area contributed by atoms with E-state index in [1.165, 1.54) is 0 Å². The number of fused-ring (bicyclic) bond motifs is 1. The number of hydrogen-bond acceptors (Lipinski definition) is 4. The molecule has 1 unspecified atom stereocenters. The summed E-state index contributed by atoms with van der Waals surface area (Å²) < 4.78 is 4.87. The van der Waals surface area contributed by atoms with Gasteiger partial charge in [-0.1, -0.05) is 18.2 Å². The van der Waals surface area contributed by atoms with E-state index in [9.17, 15) is 4.79 Å². The molecule has 1 atom stereocenters. The Hall–Kier alpha value is -1.59. The van der Waals surface area contributed by atoms with E-state index in [4.69, 9.17) is 10.5 Å². The van der Waals surface area contributed by atoms with E-state index in [0.29, 0.717) is 13.0 Å². The van der Waals surface area contributed by atoms with Crippen molar-refractivity contribution in [2.45, 2.75) is 19.4 Å². The Morgan fingerprint density at radius 3 is 2.94 bits per heavy atom. The predicted molar refractivity (Wildman–Crippen MR) is 71.7 cm³/mol. The number of ether oxygens (including phenoxy) is 1. The van der Waals surface area contributed by atoms with Crippen molar-refractivity contribution in [1.29, 1.82) is 0 Å². The molecule has 0 aliphatic carbocycles. The Morgan fingerprint density at radius 1 is 1.50 bits per heavy atom. The first-order valence-electron chi connectivity index (χ1n) is 5.56. The van der Waals surface area contributed by atoms with E-state index in [0.717, 1.165) is 16.6 Å². The molecule has 0 spiro atoms. The highest BCUT2D eigenvalue weighted by Crippen LogP contribution is 2.16. The maximum atomic E-state index is 11.4. The number of carbonyl (C=O) groups is 1. The molecule has 0 amide bonds. The number of carbonyl (C=O) groups excluding carboxylic acids is 1. The zero-order valence-corrected chi connectivity index (χ0v) is 10.9. The van der Waals surface area contributed by atoms with Gasteiger partial charge in [0.05, 0.1) is 12.1 Å². The SMILES string of the molecule is CCOC(=O)C(N)Cc1[nH]nc2ccccc12.Cl. The molecule has 0 saturated heterocycles. The largest absolute Gasteiger partial charge is 0.465 e. The smallest absolute Gasteiger partial charge is 0.323 e. The number of H-pyrrole nitrogens is 1. The van der Waals surface area contributed by atoms with Gasteiger partial charge in [-0.2, -0.15) is 5.10 Å². The average Bonchev–Trinajstić information content (AvgIpc) is 2.73. The third-order valence-corrected chi connectivity index (χ3v) is 2.55. The van der Waals surface area contributed by atoms with Crippen molar-refractivity contribution < 1.29 is 9.53 Å². The van der Waals surface area contributed by atoms with Crippen LogP contribution in [0.1, 0.15) is 12.6 Å². The van der Waals surface area contributed by atoms with Crippen molar-refractivity contribution in [2.24, 2.45) is 5.73 Å². The fourth-order valence-electron chi connectivity index (χ4n) is 1.72. The van der Waals surface area contributed by atoms with Crippen LogP contribution in [0.15, 0.2) is 24.3 Å². The summed E-state index contributed by atoms with van der Waals surface area (Å²) in [5, 5.41) is 8.04.